The van der Waals surface area contributed by atoms with Crippen LogP contribution in [0.25, 0.3) is 0 Å². The predicted octanol–water partition coefficient (Wildman–Crippen LogP) is 11.4. The van der Waals surface area contributed by atoms with Crippen LogP contribution in [0, 0.1) is 16.2 Å². The minimum absolute atomic E-state index is 0.0298. The third-order valence-electron chi connectivity index (χ3n) is 10.4. The number of rotatable bonds is 19. The molecule has 3 rings (SSSR count). The molecule has 326 valence electrons. The van der Waals surface area contributed by atoms with E-state index in [0.29, 0.717) is 17.2 Å². The van der Waals surface area contributed by atoms with Gasteiger partial charge in [-0.2, -0.15) is 0 Å². The Balaban J connectivity index is 2.44. The van der Waals surface area contributed by atoms with Crippen molar-refractivity contribution < 1.29 is 43.9 Å². The molecule has 3 aromatic rings. The average Bonchev–Trinajstić information content (AvgIpc) is 3.03. The third kappa shape index (κ3) is 15.2. The van der Waals surface area contributed by atoms with Crippen LogP contribution in [0.4, 0.5) is 0 Å². The maximum Gasteiger partial charge on any atom is 0.341 e. The quantitative estimate of drug-likeness (QED) is 0.108. The van der Waals surface area contributed by atoms with Crippen molar-refractivity contribution in [2.75, 3.05) is 19.8 Å². The zero-order chi connectivity index (χ0) is 44.9. The molecule has 0 saturated heterocycles. The number of benzene rings is 3. The third-order valence-corrected chi connectivity index (χ3v) is 10.4. The van der Waals surface area contributed by atoms with Gasteiger partial charge in [0.1, 0.15) is 17.2 Å². The van der Waals surface area contributed by atoms with Gasteiger partial charge in [-0.05, 0) is 103 Å². The van der Waals surface area contributed by atoms with E-state index < -0.39 is 37.7 Å². The molecule has 3 N–H and O–H groups in total. The van der Waals surface area contributed by atoms with Gasteiger partial charge in [-0.1, -0.05) is 140 Å². The molecule has 0 atom stereocenters. The monoisotopic (exact) mass is 817 g/mol. The standard InChI is InChI=1S/C50H72O9/c1-45(2,3)29-48(10,11)36-16-18-39(57-26-41(51)52)32(22-36)20-34-24-38(50(14,15)31-47(7,8)9)25-35(44(34)59-28-43(55)56)21-33-23-37(49(12,13)30-46(4,5)6)17-19-40(33)58-27-42(53)54/h16-19,22-25H,20-21,26-31H2,1-15H3,(H,51,52)(H,53,54)(H,55,56). The minimum Gasteiger partial charge on any atom is -0.482 e. The highest BCUT2D eigenvalue weighted by Crippen LogP contribution is 2.44. The molecular weight excluding hydrogens is 745 g/mol. The van der Waals surface area contributed by atoms with Crippen molar-refractivity contribution in [3.05, 3.63) is 87.5 Å². The molecule has 0 aliphatic carbocycles. The molecule has 9 nitrogen and oxygen atoms in total. The molecule has 0 aliphatic heterocycles. The molecule has 59 heavy (non-hydrogen) atoms. The van der Waals surface area contributed by atoms with E-state index >= 15 is 0 Å². The summed E-state index contributed by atoms with van der Waals surface area (Å²) in [4.78, 5) is 35.6. The number of ether oxygens (including phenoxy) is 3. The molecule has 0 saturated carbocycles. The zero-order valence-electron chi connectivity index (χ0n) is 38.6. The molecular formula is C50H72O9. The largest absolute Gasteiger partial charge is 0.482 e. The highest BCUT2D eigenvalue weighted by molar-refractivity contribution is 5.70. The summed E-state index contributed by atoms with van der Waals surface area (Å²) in [6.45, 7) is 31.4. The second kappa shape index (κ2) is 18.4. The normalized spacial score (nSPS) is 12.9. The summed E-state index contributed by atoms with van der Waals surface area (Å²) in [6, 6.07) is 16.0. The van der Waals surface area contributed by atoms with Gasteiger partial charge in [-0.3, -0.25) is 0 Å². The van der Waals surface area contributed by atoms with Crippen LogP contribution in [0.1, 0.15) is 162 Å². The Morgan fingerprint density at radius 3 is 1.02 bits per heavy atom. The van der Waals surface area contributed by atoms with Crippen molar-refractivity contribution in [3.63, 3.8) is 0 Å². The summed E-state index contributed by atoms with van der Waals surface area (Å²) in [7, 11) is 0. The summed E-state index contributed by atoms with van der Waals surface area (Å²) in [5, 5.41) is 29.1. The first-order valence-corrected chi connectivity index (χ1v) is 20.7. The van der Waals surface area contributed by atoms with Crippen LogP contribution < -0.4 is 14.2 Å². The van der Waals surface area contributed by atoms with Crippen molar-refractivity contribution in [2.24, 2.45) is 16.2 Å². The molecule has 0 aliphatic rings. The molecule has 0 spiro atoms. The minimum atomic E-state index is -1.13. The molecule has 0 aromatic heterocycles. The number of carboxylic acids is 3. The maximum atomic E-state index is 12.2. The number of carboxylic acid groups (broad SMARTS) is 3. The van der Waals surface area contributed by atoms with E-state index in [-0.39, 0.29) is 45.3 Å². The van der Waals surface area contributed by atoms with E-state index in [1.54, 1.807) is 0 Å². The highest BCUT2D eigenvalue weighted by Gasteiger charge is 2.32. The Kier molecular flexibility index (Phi) is 15.2. The SMILES string of the molecule is CC(C)(C)CC(C)(C)c1ccc(OCC(=O)O)c(Cc2cc(C(C)(C)CC(C)(C)C)cc(Cc3cc(C(C)(C)CC(C)(C)C)ccc3OCC(=O)O)c2OCC(=O)O)c1. The molecule has 0 heterocycles. The van der Waals surface area contributed by atoms with Crippen molar-refractivity contribution in [1.29, 1.82) is 0 Å². The second-order valence-corrected chi connectivity index (χ2v) is 22.0. The lowest BCUT2D eigenvalue weighted by Crippen LogP contribution is -2.26. The Bertz CT molecular complexity index is 1850. The summed E-state index contributed by atoms with van der Waals surface area (Å²) in [6.07, 6.45) is 3.13. The molecule has 0 fully saturated rings. The first-order valence-electron chi connectivity index (χ1n) is 20.7. The topological polar surface area (TPSA) is 140 Å². The van der Waals surface area contributed by atoms with E-state index in [2.05, 4.69) is 128 Å². The molecule has 0 bridgehead atoms. The van der Waals surface area contributed by atoms with Crippen LogP contribution in [-0.2, 0) is 43.5 Å². The maximum absolute atomic E-state index is 12.2. The zero-order valence-corrected chi connectivity index (χ0v) is 38.6. The summed E-state index contributed by atoms with van der Waals surface area (Å²) in [5.74, 6) is -2.08. The van der Waals surface area contributed by atoms with Crippen LogP contribution >= 0.6 is 0 Å². The number of carbonyl (C=O) groups is 3. The van der Waals surface area contributed by atoms with Gasteiger partial charge in [-0.15, -0.1) is 0 Å². The Morgan fingerprint density at radius 2 is 0.712 bits per heavy atom. The van der Waals surface area contributed by atoms with Crippen LogP contribution in [0.3, 0.4) is 0 Å². The fourth-order valence-corrected chi connectivity index (χ4v) is 9.26. The summed E-state index contributed by atoms with van der Waals surface area (Å²) >= 11 is 0. The van der Waals surface area contributed by atoms with E-state index in [1.807, 2.05) is 24.3 Å². The fraction of sp³-hybridized carbons (Fsp3) is 0.580. The smallest absolute Gasteiger partial charge is 0.341 e. The molecule has 3 aromatic carbocycles. The molecule has 9 heteroatoms. The Morgan fingerprint density at radius 1 is 0.424 bits per heavy atom. The van der Waals surface area contributed by atoms with E-state index in [0.717, 1.165) is 58.2 Å². The van der Waals surface area contributed by atoms with Crippen LogP contribution in [0.15, 0.2) is 48.5 Å². The first-order chi connectivity index (χ1) is 26.8. The van der Waals surface area contributed by atoms with Gasteiger partial charge in [0.2, 0.25) is 0 Å². The van der Waals surface area contributed by atoms with Gasteiger partial charge >= 0.3 is 17.9 Å². The van der Waals surface area contributed by atoms with Gasteiger partial charge in [0.25, 0.3) is 0 Å². The Hall–Kier alpha value is -4.53. The van der Waals surface area contributed by atoms with Gasteiger partial charge in [0.05, 0.1) is 0 Å². The highest BCUT2D eigenvalue weighted by atomic mass is 16.5. The van der Waals surface area contributed by atoms with Crippen LogP contribution in [0.5, 0.6) is 17.2 Å². The average molecular weight is 817 g/mol. The molecule has 0 radical (unpaired) electrons. The lowest BCUT2D eigenvalue weighted by atomic mass is 9.71. The van der Waals surface area contributed by atoms with Gasteiger partial charge in [-0.25, -0.2) is 14.4 Å². The number of aliphatic carboxylic acids is 3. The summed E-state index contributed by atoms with van der Waals surface area (Å²) < 4.78 is 18.1. The lowest BCUT2D eigenvalue weighted by Gasteiger charge is -2.34. The first kappa shape index (κ1) is 48.8. The molecule has 0 amide bonds. The van der Waals surface area contributed by atoms with Crippen molar-refractivity contribution >= 4 is 17.9 Å². The Labute approximate surface area is 353 Å². The number of hydrogen-bond donors (Lipinski definition) is 3. The van der Waals surface area contributed by atoms with E-state index in [1.165, 1.54) is 0 Å². The van der Waals surface area contributed by atoms with E-state index in [9.17, 15) is 29.7 Å². The lowest BCUT2D eigenvalue weighted by molar-refractivity contribution is -0.140. The van der Waals surface area contributed by atoms with Gasteiger partial charge in [0, 0.05) is 12.8 Å². The predicted molar refractivity (Wildman–Crippen MR) is 236 cm³/mol. The van der Waals surface area contributed by atoms with Gasteiger partial charge < -0.3 is 29.5 Å². The van der Waals surface area contributed by atoms with Crippen molar-refractivity contribution in [1.82, 2.24) is 0 Å². The molecule has 0 unspecified atom stereocenters. The van der Waals surface area contributed by atoms with Crippen molar-refractivity contribution in [3.8, 4) is 17.2 Å². The fourth-order valence-electron chi connectivity index (χ4n) is 9.26. The number of hydrogen-bond acceptors (Lipinski definition) is 6. The van der Waals surface area contributed by atoms with Gasteiger partial charge in [0.15, 0.2) is 19.8 Å². The van der Waals surface area contributed by atoms with Crippen molar-refractivity contribution in [2.45, 2.75) is 152 Å². The van der Waals surface area contributed by atoms with Crippen LogP contribution in [0.2, 0.25) is 0 Å². The summed E-state index contributed by atoms with van der Waals surface area (Å²) in [5.41, 5.74) is 5.34. The second-order valence-electron chi connectivity index (χ2n) is 22.0. The van der Waals surface area contributed by atoms with Crippen LogP contribution in [-0.4, -0.2) is 53.0 Å². The van der Waals surface area contributed by atoms with E-state index in [4.69, 9.17) is 14.2 Å².